The monoisotopic (exact) mass is 384 g/mol. The van der Waals surface area contributed by atoms with Crippen LogP contribution in [-0.2, 0) is 14.8 Å². The Labute approximate surface area is 161 Å². The van der Waals surface area contributed by atoms with Gasteiger partial charge in [0.25, 0.3) is 0 Å². The van der Waals surface area contributed by atoms with E-state index in [0.717, 1.165) is 16.7 Å². The number of sulfonamides is 1. The molecule has 0 spiro atoms. The van der Waals surface area contributed by atoms with Crippen molar-refractivity contribution in [1.82, 2.24) is 4.72 Å². The number of nitrogens with zero attached hydrogens (tertiary/aromatic N) is 1. The molecule has 0 aromatic heterocycles. The Balaban J connectivity index is 1.80. The van der Waals surface area contributed by atoms with Crippen molar-refractivity contribution in [3.05, 3.63) is 59.7 Å². The average molecular weight is 385 g/mol. The zero-order chi connectivity index (χ0) is 19.4. The molecule has 1 N–H and O–H groups in total. The van der Waals surface area contributed by atoms with E-state index in [0.29, 0.717) is 25.2 Å². The third-order valence-corrected chi connectivity index (χ3v) is 6.85. The first-order valence-corrected chi connectivity index (χ1v) is 10.6. The van der Waals surface area contributed by atoms with Gasteiger partial charge in [-0.15, -0.1) is 0 Å². The van der Waals surface area contributed by atoms with Crippen LogP contribution in [0.25, 0.3) is 11.1 Å². The molecule has 2 atom stereocenters. The molecular formula is C21H24N2O3S. The molecule has 0 saturated carbocycles. The number of rotatable bonds is 5. The Kier molecular flexibility index (Phi) is 5.95. The van der Waals surface area contributed by atoms with Crippen molar-refractivity contribution in [3.8, 4) is 17.2 Å². The zero-order valence-corrected chi connectivity index (χ0v) is 16.4. The SMILES string of the molecule is CC(C)S(=O)(=O)NC1CCOCC1c1ccc(-c2ccc(C#N)cc2)cc1. The van der Waals surface area contributed by atoms with Gasteiger partial charge >= 0.3 is 0 Å². The summed E-state index contributed by atoms with van der Waals surface area (Å²) >= 11 is 0. The van der Waals surface area contributed by atoms with Crippen LogP contribution < -0.4 is 4.72 Å². The molecule has 142 valence electrons. The summed E-state index contributed by atoms with van der Waals surface area (Å²) in [6.07, 6.45) is 0.661. The molecule has 1 saturated heterocycles. The van der Waals surface area contributed by atoms with Gasteiger partial charge in [0.2, 0.25) is 10.0 Å². The zero-order valence-electron chi connectivity index (χ0n) is 15.6. The van der Waals surface area contributed by atoms with Gasteiger partial charge in [-0.3, -0.25) is 0 Å². The van der Waals surface area contributed by atoms with Crippen molar-refractivity contribution in [2.75, 3.05) is 13.2 Å². The fraction of sp³-hybridized carbons (Fsp3) is 0.381. The molecule has 6 heteroatoms. The van der Waals surface area contributed by atoms with E-state index in [4.69, 9.17) is 10.00 Å². The highest BCUT2D eigenvalue weighted by Crippen LogP contribution is 2.29. The van der Waals surface area contributed by atoms with E-state index in [1.165, 1.54) is 0 Å². The fourth-order valence-corrected chi connectivity index (χ4v) is 4.19. The van der Waals surface area contributed by atoms with Crippen LogP contribution in [0, 0.1) is 11.3 Å². The first kappa shape index (κ1) is 19.6. The minimum absolute atomic E-state index is 0.0118. The van der Waals surface area contributed by atoms with E-state index in [-0.39, 0.29) is 12.0 Å². The van der Waals surface area contributed by atoms with E-state index in [2.05, 4.69) is 10.8 Å². The Morgan fingerprint density at radius 3 is 2.22 bits per heavy atom. The highest BCUT2D eigenvalue weighted by atomic mass is 32.2. The predicted molar refractivity (Wildman–Crippen MR) is 106 cm³/mol. The summed E-state index contributed by atoms with van der Waals surface area (Å²) in [5.41, 5.74) is 3.79. The van der Waals surface area contributed by atoms with E-state index in [9.17, 15) is 8.42 Å². The lowest BCUT2D eigenvalue weighted by Crippen LogP contribution is -2.46. The molecule has 3 rings (SSSR count). The van der Waals surface area contributed by atoms with Gasteiger partial charge in [0.1, 0.15) is 0 Å². The van der Waals surface area contributed by atoms with Crippen molar-refractivity contribution in [3.63, 3.8) is 0 Å². The fourth-order valence-electron chi connectivity index (χ4n) is 3.21. The van der Waals surface area contributed by atoms with Gasteiger partial charge in [-0.05, 0) is 49.1 Å². The van der Waals surface area contributed by atoms with Crippen molar-refractivity contribution < 1.29 is 13.2 Å². The number of nitriles is 1. The van der Waals surface area contributed by atoms with E-state index >= 15 is 0 Å². The van der Waals surface area contributed by atoms with Gasteiger partial charge in [-0.25, -0.2) is 13.1 Å². The molecular weight excluding hydrogens is 360 g/mol. The van der Waals surface area contributed by atoms with E-state index in [1.54, 1.807) is 26.0 Å². The quantitative estimate of drug-likeness (QED) is 0.857. The highest BCUT2D eigenvalue weighted by molar-refractivity contribution is 7.90. The molecule has 0 aliphatic carbocycles. The second kappa shape index (κ2) is 8.22. The van der Waals surface area contributed by atoms with Crippen LogP contribution in [0.15, 0.2) is 48.5 Å². The summed E-state index contributed by atoms with van der Waals surface area (Å²) < 4.78 is 33.1. The van der Waals surface area contributed by atoms with Crippen LogP contribution in [-0.4, -0.2) is 32.9 Å². The van der Waals surface area contributed by atoms with Crippen molar-refractivity contribution in [1.29, 1.82) is 5.26 Å². The van der Waals surface area contributed by atoms with Crippen LogP contribution >= 0.6 is 0 Å². The van der Waals surface area contributed by atoms with E-state index in [1.807, 2.05) is 36.4 Å². The van der Waals surface area contributed by atoms with Gasteiger partial charge < -0.3 is 4.74 Å². The summed E-state index contributed by atoms with van der Waals surface area (Å²) in [6, 6.07) is 17.5. The lowest BCUT2D eigenvalue weighted by atomic mass is 9.88. The topological polar surface area (TPSA) is 79.2 Å². The minimum atomic E-state index is -3.33. The smallest absolute Gasteiger partial charge is 0.214 e. The lowest BCUT2D eigenvalue weighted by molar-refractivity contribution is 0.0653. The van der Waals surface area contributed by atoms with Crippen LogP contribution in [0.1, 0.15) is 37.3 Å². The largest absolute Gasteiger partial charge is 0.381 e. The van der Waals surface area contributed by atoms with Crippen molar-refractivity contribution >= 4 is 10.0 Å². The summed E-state index contributed by atoms with van der Waals surface area (Å²) in [5.74, 6) is -0.0118. The van der Waals surface area contributed by atoms with Gasteiger partial charge in [-0.1, -0.05) is 36.4 Å². The first-order chi connectivity index (χ1) is 12.9. The predicted octanol–water partition coefficient (Wildman–Crippen LogP) is 3.43. The van der Waals surface area contributed by atoms with Crippen molar-refractivity contribution in [2.45, 2.75) is 37.5 Å². The molecule has 27 heavy (non-hydrogen) atoms. The van der Waals surface area contributed by atoms with Crippen LogP contribution in [0.3, 0.4) is 0 Å². The summed E-state index contributed by atoms with van der Waals surface area (Å²) in [6.45, 7) is 4.43. The molecule has 0 amide bonds. The van der Waals surface area contributed by atoms with Crippen LogP contribution in [0.5, 0.6) is 0 Å². The number of hydrogen-bond acceptors (Lipinski definition) is 4. The Morgan fingerprint density at radius 2 is 1.67 bits per heavy atom. The summed E-state index contributed by atoms with van der Waals surface area (Å²) in [7, 11) is -3.33. The number of hydrogen-bond donors (Lipinski definition) is 1. The highest BCUT2D eigenvalue weighted by Gasteiger charge is 2.31. The third-order valence-electron chi connectivity index (χ3n) is 4.98. The molecule has 2 aromatic carbocycles. The molecule has 0 bridgehead atoms. The molecule has 1 aliphatic rings. The van der Waals surface area contributed by atoms with Gasteiger partial charge in [0, 0.05) is 18.6 Å². The molecule has 1 aliphatic heterocycles. The second-order valence-corrected chi connectivity index (χ2v) is 9.37. The second-order valence-electron chi connectivity index (χ2n) is 7.10. The average Bonchev–Trinajstić information content (AvgIpc) is 2.68. The first-order valence-electron chi connectivity index (χ1n) is 9.10. The molecule has 2 aromatic rings. The Bertz CT molecular complexity index is 913. The summed E-state index contributed by atoms with van der Waals surface area (Å²) in [4.78, 5) is 0. The van der Waals surface area contributed by atoms with E-state index < -0.39 is 15.3 Å². The maximum Gasteiger partial charge on any atom is 0.214 e. The number of ether oxygens (including phenoxy) is 1. The molecule has 5 nitrogen and oxygen atoms in total. The lowest BCUT2D eigenvalue weighted by Gasteiger charge is -2.33. The van der Waals surface area contributed by atoms with Gasteiger partial charge in [-0.2, -0.15) is 5.26 Å². The molecule has 2 unspecified atom stereocenters. The normalized spacial score (nSPS) is 20.4. The number of benzene rings is 2. The Morgan fingerprint density at radius 1 is 1.07 bits per heavy atom. The van der Waals surface area contributed by atoms with Crippen LogP contribution in [0.4, 0.5) is 0 Å². The van der Waals surface area contributed by atoms with Crippen LogP contribution in [0.2, 0.25) is 0 Å². The Hall–Kier alpha value is -2.20. The molecule has 1 fully saturated rings. The maximum absolute atomic E-state index is 12.3. The molecule has 0 radical (unpaired) electrons. The standard InChI is InChI=1S/C21H24N2O3S/c1-15(2)27(24,25)23-21-11-12-26-14-20(21)19-9-7-18(8-10-19)17-5-3-16(13-22)4-6-17/h3-10,15,20-21,23H,11-12,14H2,1-2H3. The third kappa shape index (κ3) is 4.56. The number of nitrogens with one attached hydrogen (secondary N) is 1. The summed E-state index contributed by atoms with van der Waals surface area (Å²) in [5, 5.41) is 8.45. The maximum atomic E-state index is 12.3. The van der Waals surface area contributed by atoms with Crippen molar-refractivity contribution in [2.24, 2.45) is 0 Å². The van der Waals surface area contributed by atoms with Gasteiger partial charge in [0.05, 0.1) is 23.5 Å². The molecule has 1 heterocycles. The van der Waals surface area contributed by atoms with Gasteiger partial charge in [0.15, 0.2) is 0 Å². The minimum Gasteiger partial charge on any atom is -0.381 e.